The number of hydrogen-bond donors (Lipinski definition) is 2. The zero-order valence-corrected chi connectivity index (χ0v) is 13.5. The summed E-state index contributed by atoms with van der Waals surface area (Å²) in [4.78, 5) is 27.8. The lowest BCUT2D eigenvalue weighted by Crippen LogP contribution is -2.15. The molecule has 0 radical (unpaired) electrons. The molecule has 0 spiro atoms. The van der Waals surface area contributed by atoms with Gasteiger partial charge < -0.3 is 15.0 Å². The van der Waals surface area contributed by atoms with Gasteiger partial charge in [-0.2, -0.15) is 0 Å². The number of anilines is 1. The normalized spacial score (nSPS) is 10.8. The number of amides is 1. The van der Waals surface area contributed by atoms with E-state index < -0.39 is 5.97 Å². The van der Waals surface area contributed by atoms with Crippen LogP contribution in [0.25, 0.3) is 11.0 Å². The minimum Gasteiger partial charge on any atom is -0.478 e. The second kappa shape index (κ2) is 6.33. The summed E-state index contributed by atoms with van der Waals surface area (Å²) in [6, 6.07) is 10.1. The monoisotopic (exact) mass is 343 g/mol. The molecule has 2 N–H and O–H groups in total. The van der Waals surface area contributed by atoms with Crippen molar-refractivity contribution in [3.05, 3.63) is 58.9 Å². The first-order valence-corrected chi connectivity index (χ1v) is 7.54. The van der Waals surface area contributed by atoms with E-state index in [0.29, 0.717) is 21.7 Å². The quantitative estimate of drug-likeness (QED) is 0.762. The van der Waals surface area contributed by atoms with Crippen LogP contribution in [0.5, 0.6) is 0 Å². The van der Waals surface area contributed by atoms with Crippen molar-refractivity contribution in [1.29, 1.82) is 0 Å². The highest BCUT2D eigenvalue weighted by Crippen LogP contribution is 2.23. The van der Waals surface area contributed by atoms with Crippen molar-refractivity contribution in [3.8, 4) is 0 Å². The van der Waals surface area contributed by atoms with E-state index >= 15 is 0 Å². The third-order valence-corrected chi connectivity index (χ3v) is 3.86. The number of aryl methyl sites for hydroxylation is 1. The third kappa shape index (κ3) is 3.23. The Morgan fingerprint density at radius 2 is 1.96 bits per heavy atom. The molecule has 7 heteroatoms. The second-order valence-electron chi connectivity index (χ2n) is 5.40. The van der Waals surface area contributed by atoms with Crippen LogP contribution in [-0.4, -0.2) is 26.5 Å². The highest BCUT2D eigenvalue weighted by molar-refractivity contribution is 6.30. The first kappa shape index (κ1) is 16.0. The van der Waals surface area contributed by atoms with Crippen molar-refractivity contribution in [1.82, 2.24) is 9.55 Å². The molecule has 6 nitrogen and oxygen atoms in total. The van der Waals surface area contributed by atoms with Gasteiger partial charge in [0.1, 0.15) is 0 Å². The Morgan fingerprint density at radius 1 is 1.25 bits per heavy atom. The van der Waals surface area contributed by atoms with Gasteiger partial charge in [-0.25, -0.2) is 9.78 Å². The number of fused-ring (bicyclic) bond motifs is 1. The van der Waals surface area contributed by atoms with Gasteiger partial charge in [-0.1, -0.05) is 23.7 Å². The van der Waals surface area contributed by atoms with Crippen molar-refractivity contribution in [3.63, 3.8) is 0 Å². The summed E-state index contributed by atoms with van der Waals surface area (Å²) in [5.74, 6) is -1.32. The molecule has 3 rings (SSSR count). The average Bonchev–Trinajstić information content (AvgIpc) is 2.90. The van der Waals surface area contributed by atoms with E-state index in [4.69, 9.17) is 11.6 Å². The van der Waals surface area contributed by atoms with Crippen LogP contribution in [0.2, 0.25) is 5.02 Å². The Bertz CT molecular complexity index is 932. The van der Waals surface area contributed by atoms with Crippen LogP contribution in [-0.2, 0) is 18.3 Å². The molecule has 1 aromatic heterocycles. The first-order chi connectivity index (χ1) is 11.4. The molecule has 0 saturated carbocycles. The molecule has 122 valence electrons. The molecule has 0 aliphatic heterocycles. The Balaban J connectivity index is 1.85. The summed E-state index contributed by atoms with van der Waals surface area (Å²) in [5.41, 5.74) is 2.33. The molecule has 0 atom stereocenters. The zero-order valence-electron chi connectivity index (χ0n) is 12.8. The molecule has 0 aliphatic carbocycles. The molecular formula is C17H14ClN3O3. The standard InChI is InChI=1S/C17H14ClN3O3/c1-21-9-19-14-8-12(7-13(16(14)21)17(23)24)20-15(22)6-10-2-4-11(18)5-3-10/h2-5,7-9H,6H2,1H3,(H,20,22)(H,23,24). The number of aromatic carboxylic acids is 1. The van der Waals surface area contributed by atoms with E-state index in [1.807, 2.05) is 0 Å². The number of aromatic nitrogens is 2. The van der Waals surface area contributed by atoms with Gasteiger partial charge >= 0.3 is 5.97 Å². The molecule has 1 amide bonds. The SMILES string of the molecule is Cn1cnc2cc(NC(=O)Cc3ccc(Cl)cc3)cc(C(=O)O)c21. The van der Waals surface area contributed by atoms with Crippen LogP contribution >= 0.6 is 11.6 Å². The topological polar surface area (TPSA) is 84.2 Å². The van der Waals surface area contributed by atoms with Crippen molar-refractivity contribution >= 4 is 40.2 Å². The third-order valence-electron chi connectivity index (χ3n) is 3.60. The molecular weight excluding hydrogens is 330 g/mol. The van der Waals surface area contributed by atoms with Gasteiger partial charge in [0.15, 0.2) is 0 Å². The lowest BCUT2D eigenvalue weighted by Gasteiger charge is -2.08. The zero-order chi connectivity index (χ0) is 17.3. The van der Waals surface area contributed by atoms with Crippen LogP contribution in [0.4, 0.5) is 5.69 Å². The van der Waals surface area contributed by atoms with Crippen LogP contribution in [0.3, 0.4) is 0 Å². The number of carboxylic acids is 1. The summed E-state index contributed by atoms with van der Waals surface area (Å²) < 4.78 is 1.64. The summed E-state index contributed by atoms with van der Waals surface area (Å²) in [6.07, 6.45) is 1.70. The highest BCUT2D eigenvalue weighted by atomic mass is 35.5. The largest absolute Gasteiger partial charge is 0.478 e. The van der Waals surface area contributed by atoms with Crippen molar-refractivity contribution in [2.45, 2.75) is 6.42 Å². The fourth-order valence-electron chi connectivity index (χ4n) is 2.52. The minimum atomic E-state index is -1.07. The molecule has 0 aliphatic rings. The molecule has 1 heterocycles. The Morgan fingerprint density at radius 3 is 2.62 bits per heavy atom. The lowest BCUT2D eigenvalue weighted by atomic mass is 10.1. The van der Waals surface area contributed by atoms with E-state index in [1.54, 1.807) is 41.9 Å². The number of carboxylic acid groups (broad SMARTS) is 1. The van der Waals surface area contributed by atoms with Crippen molar-refractivity contribution in [2.75, 3.05) is 5.32 Å². The Kier molecular flexibility index (Phi) is 4.22. The Hall–Kier alpha value is -2.86. The maximum Gasteiger partial charge on any atom is 0.337 e. The number of nitrogens with one attached hydrogen (secondary N) is 1. The highest BCUT2D eigenvalue weighted by Gasteiger charge is 2.15. The number of rotatable bonds is 4. The molecule has 0 bridgehead atoms. The molecule has 0 unspecified atom stereocenters. The molecule has 2 aromatic carbocycles. The van der Waals surface area contributed by atoms with Crippen molar-refractivity contribution < 1.29 is 14.7 Å². The number of carbonyl (C=O) groups is 2. The summed E-state index contributed by atoms with van der Waals surface area (Å²) >= 11 is 5.82. The molecule has 3 aromatic rings. The van der Waals surface area contributed by atoms with Gasteiger partial charge in [0.05, 0.1) is 29.3 Å². The summed E-state index contributed by atoms with van der Waals surface area (Å²) in [5, 5.41) is 12.7. The number of benzene rings is 2. The smallest absolute Gasteiger partial charge is 0.337 e. The lowest BCUT2D eigenvalue weighted by molar-refractivity contribution is -0.115. The van der Waals surface area contributed by atoms with E-state index in [2.05, 4.69) is 10.3 Å². The number of nitrogens with zero attached hydrogens (tertiary/aromatic N) is 2. The fourth-order valence-corrected chi connectivity index (χ4v) is 2.65. The molecule has 24 heavy (non-hydrogen) atoms. The fraction of sp³-hybridized carbons (Fsp3) is 0.118. The van der Waals surface area contributed by atoms with Gasteiger partial charge in [0.25, 0.3) is 0 Å². The van der Waals surface area contributed by atoms with Crippen molar-refractivity contribution in [2.24, 2.45) is 7.05 Å². The summed E-state index contributed by atoms with van der Waals surface area (Å²) in [6.45, 7) is 0. The predicted molar refractivity (Wildman–Crippen MR) is 91.5 cm³/mol. The maximum absolute atomic E-state index is 12.2. The molecule has 0 fully saturated rings. The number of carbonyl (C=O) groups excluding carboxylic acids is 1. The number of hydrogen-bond acceptors (Lipinski definition) is 3. The van der Waals surface area contributed by atoms with Crippen LogP contribution in [0, 0.1) is 0 Å². The first-order valence-electron chi connectivity index (χ1n) is 7.16. The van der Waals surface area contributed by atoms with Gasteiger partial charge in [0.2, 0.25) is 5.91 Å². The van der Waals surface area contributed by atoms with E-state index in [0.717, 1.165) is 5.56 Å². The van der Waals surface area contributed by atoms with E-state index in [-0.39, 0.29) is 17.9 Å². The van der Waals surface area contributed by atoms with Crippen LogP contribution in [0.15, 0.2) is 42.7 Å². The minimum absolute atomic E-state index is 0.0919. The second-order valence-corrected chi connectivity index (χ2v) is 5.84. The van der Waals surface area contributed by atoms with Crippen LogP contribution < -0.4 is 5.32 Å². The average molecular weight is 344 g/mol. The Labute approximate surface area is 142 Å². The molecule has 0 saturated heterocycles. The number of halogens is 1. The van der Waals surface area contributed by atoms with Gasteiger partial charge in [-0.3, -0.25) is 4.79 Å². The van der Waals surface area contributed by atoms with E-state index in [1.165, 1.54) is 12.4 Å². The van der Waals surface area contributed by atoms with E-state index in [9.17, 15) is 14.7 Å². The van der Waals surface area contributed by atoms with Gasteiger partial charge in [-0.05, 0) is 29.8 Å². The maximum atomic E-state index is 12.2. The van der Waals surface area contributed by atoms with Gasteiger partial charge in [0, 0.05) is 17.8 Å². The number of imidazole rings is 1. The van der Waals surface area contributed by atoms with Crippen LogP contribution in [0.1, 0.15) is 15.9 Å². The van der Waals surface area contributed by atoms with Gasteiger partial charge in [-0.15, -0.1) is 0 Å². The summed E-state index contributed by atoms with van der Waals surface area (Å²) in [7, 11) is 1.72. The predicted octanol–water partition coefficient (Wildman–Crippen LogP) is 3.11.